The first-order valence-electron chi connectivity index (χ1n) is 9.78. The lowest BCUT2D eigenvalue weighted by molar-refractivity contribution is 0.0784. The quantitative estimate of drug-likeness (QED) is 0.534. The third kappa shape index (κ3) is 5.64. The Morgan fingerprint density at radius 1 is 0.871 bits per heavy atom. The van der Waals surface area contributed by atoms with E-state index in [0.29, 0.717) is 17.8 Å². The van der Waals surface area contributed by atoms with E-state index in [1.807, 2.05) is 30.3 Å². The molecule has 0 unspecified atom stereocenters. The van der Waals surface area contributed by atoms with E-state index < -0.39 is 10.0 Å². The monoisotopic (exact) mass is 438 g/mol. The van der Waals surface area contributed by atoms with E-state index in [9.17, 15) is 13.2 Å². The van der Waals surface area contributed by atoms with Gasteiger partial charge < -0.3 is 9.64 Å². The first kappa shape index (κ1) is 22.4. The lowest BCUT2D eigenvalue weighted by Crippen LogP contribution is -2.29. The van der Waals surface area contributed by atoms with E-state index in [2.05, 4.69) is 0 Å². The van der Waals surface area contributed by atoms with Gasteiger partial charge in [-0.3, -0.25) is 9.10 Å². The number of carbonyl (C=O) groups excluding carboxylic acids is 1. The van der Waals surface area contributed by atoms with E-state index in [4.69, 9.17) is 4.74 Å². The summed E-state index contributed by atoms with van der Waals surface area (Å²) in [5, 5.41) is 0. The number of para-hydroxylation sites is 2. The van der Waals surface area contributed by atoms with E-state index in [1.54, 1.807) is 67.6 Å². The average molecular weight is 439 g/mol. The van der Waals surface area contributed by atoms with Gasteiger partial charge in [0.05, 0.1) is 25.6 Å². The Kier molecular flexibility index (Phi) is 6.97. The van der Waals surface area contributed by atoms with Crippen molar-refractivity contribution in [2.75, 3.05) is 24.7 Å². The highest BCUT2D eigenvalue weighted by Crippen LogP contribution is 2.22. The topological polar surface area (TPSA) is 66.9 Å². The average Bonchev–Trinajstić information content (AvgIpc) is 2.77. The van der Waals surface area contributed by atoms with E-state index >= 15 is 0 Å². The van der Waals surface area contributed by atoms with Crippen LogP contribution in [0.25, 0.3) is 0 Å². The summed E-state index contributed by atoms with van der Waals surface area (Å²) in [4.78, 5) is 14.5. The van der Waals surface area contributed by atoms with Crippen molar-refractivity contribution in [1.82, 2.24) is 4.90 Å². The molecule has 0 saturated heterocycles. The molecule has 0 spiro atoms. The first-order chi connectivity index (χ1) is 14.8. The van der Waals surface area contributed by atoms with Gasteiger partial charge in [-0.05, 0) is 35.9 Å². The van der Waals surface area contributed by atoms with Crippen LogP contribution in [0.3, 0.4) is 0 Å². The summed E-state index contributed by atoms with van der Waals surface area (Å²) in [7, 11) is -0.106. The molecule has 3 aromatic carbocycles. The molecule has 0 aliphatic heterocycles. The zero-order valence-electron chi connectivity index (χ0n) is 17.9. The fourth-order valence-corrected chi connectivity index (χ4v) is 4.18. The van der Waals surface area contributed by atoms with Crippen molar-refractivity contribution in [2.24, 2.45) is 0 Å². The largest absolute Gasteiger partial charge is 0.496 e. The van der Waals surface area contributed by atoms with Gasteiger partial charge in [-0.2, -0.15) is 0 Å². The summed E-state index contributed by atoms with van der Waals surface area (Å²) in [6.07, 6.45) is 1.19. The number of amides is 1. The van der Waals surface area contributed by atoms with Crippen LogP contribution in [0.1, 0.15) is 21.5 Å². The predicted molar refractivity (Wildman–Crippen MR) is 123 cm³/mol. The molecule has 0 aliphatic carbocycles. The fourth-order valence-electron chi connectivity index (χ4n) is 3.29. The van der Waals surface area contributed by atoms with Crippen LogP contribution in [0.2, 0.25) is 0 Å². The number of rotatable bonds is 8. The van der Waals surface area contributed by atoms with Crippen LogP contribution in [0.5, 0.6) is 5.75 Å². The Bertz CT molecular complexity index is 1130. The summed E-state index contributed by atoms with van der Waals surface area (Å²) in [6.45, 7) is 0.606. The van der Waals surface area contributed by atoms with Gasteiger partial charge in [0.1, 0.15) is 5.75 Å². The van der Waals surface area contributed by atoms with Crippen LogP contribution in [0.4, 0.5) is 5.69 Å². The minimum atomic E-state index is -3.45. The number of anilines is 1. The highest BCUT2D eigenvalue weighted by molar-refractivity contribution is 7.92. The van der Waals surface area contributed by atoms with E-state index in [-0.39, 0.29) is 12.5 Å². The second-order valence-corrected chi connectivity index (χ2v) is 9.18. The van der Waals surface area contributed by atoms with Gasteiger partial charge in [-0.1, -0.05) is 48.5 Å². The van der Waals surface area contributed by atoms with Gasteiger partial charge in [0.2, 0.25) is 10.0 Å². The Labute approximate surface area is 183 Å². The van der Waals surface area contributed by atoms with Crippen LogP contribution in [0.15, 0.2) is 78.9 Å². The van der Waals surface area contributed by atoms with Crippen molar-refractivity contribution < 1.29 is 17.9 Å². The number of benzene rings is 3. The summed E-state index contributed by atoms with van der Waals surface area (Å²) in [5.74, 6) is 0.611. The van der Waals surface area contributed by atoms with Crippen LogP contribution in [-0.2, 0) is 23.1 Å². The molecule has 3 rings (SSSR count). The number of nitrogens with zero attached hydrogens (tertiary/aromatic N) is 2. The third-order valence-electron chi connectivity index (χ3n) is 4.92. The normalized spacial score (nSPS) is 11.1. The molecule has 0 fully saturated rings. The summed E-state index contributed by atoms with van der Waals surface area (Å²) in [5.41, 5.74) is 2.84. The molecule has 0 saturated carbocycles. The highest BCUT2D eigenvalue weighted by atomic mass is 32.2. The van der Waals surface area contributed by atoms with Crippen molar-refractivity contribution in [2.45, 2.75) is 13.1 Å². The van der Waals surface area contributed by atoms with Crippen LogP contribution < -0.4 is 9.04 Å². The molecule has 3 aromatic rings. The molecular formula is C24H26N2O4S. The SMILES string of the molecule is COc1ccccc1CN(C)C(=O)c1ccc(CN(c2ccccc2)S(C)(=O)=O)cc1. The summed E-state index contributed by atoms with van der Waals surface area (Å²) < 4.78 is 31.3. The molecule has 0 bridgehead atoms. The number of hydrogen-bond donors (Lipinski definition) is 0. The molecule has 31 heavy (non-hydrogen) atoms. The van der Waals surface area contributed by atoms with Crippen molar-refractivity contribution in [3.63, 3.8) is 0 Å². The number of carbonyl (C=O) groups is 1. The molecule has 1 amide bonds. The van der Waals surface area contributed by atoms with Gasteiger partial charge in [-0.15, -0.1) is 0 Å². The van der Waals surface area contributed by atoms with Crippen LogP contribution in [0, 0.1) is 0 Å². The highest BCUT2D eigenvalue weighted by Gasteiger charge is 2.18. The zero-order valence-corrected chi connectivity index (χ0v) is 18.7. The van der Waals surface area contributed by atoms with Gasteiger partial charge in [0.15, 0.2) is 0 Å². The van der Waals surface area contributed by atoms with Crippen molar-refractivity contribution in [3.8, 4) is 5.75 Å². The van der Waals surface area contributed by atoms with Crippen molar-refractivity contribution >= 4 is 21.6 Å². The van der Waals surface area contributed by atoms with Gasteiger partial charge in [0.25, 0.3) is 5.91 Å². The molecule has 0 aromatic heterocycles. The minimum absolute atomic E-state index is 0.125. The first-order valence-corrected chi connectivity index (χ1v) is 11.6. The van der Waals surface area contributed by atoms with Gasteiger partial charge in [0, 0.05) is 24.7 Å². The molecule has 162 valence electrons. The molecule has 7 heteroatoms. The van der Waals surface area contributed by atoms with Crippen molar-refractivity contribution in [1.29, 1.82) is 0 Å². The molecule has 0 aliphatic rings. The molecule has 0 heterocycles. The number of ether oxygens (including phenoxy) is 1. The maximum Gasteiger partial charge on any atom is 0.253 e. The third-order valence-corrected chi connectivity index (χ3v) is 6.06. The fraction of sp³-hybridized carbons (Fsp3) is 0.208. The van der Waals surface area contributed by atoms with E-state index in [1.165, 1.54) is 10.6 Å². The molecule has 6 nitrogen and oxygen atoms in total. The Balaban J connectivity index is 1.73. The number of sulfonamides is 1. The number of methoxy groups -OCH3 is 1. The molecular weight excluding hydrogens is 412 g/mol. The Hall–Kier alpha value is -3.32. The van der Waals surface area contributed by atoms with Crippen LogP contribution >= 0.6 is 0 Å². The Morgan fingerprint density at radius 3 is 2.10 bits per heavy atom. The molecule has 0 atom stereocenters. The Morgan fingerprint density at radius 2 is 1.48 bits per heavy atom. The zero-order chi connectivity index (χ0) is 22.4. The van der Waals surface area contributed by atoms with Gasteiger partial charge >= 0.3 is 0 Å². The lowest BCUT2D eigenvalue weighted by Gasteiger charge is -2.23. The van der Waals surface area contributed by atoms with E-state index in [0.717, 1.165) is 16.9 Å². The standard InChI is InChI=1S/C24H26N2O4S/c1-25(18-21-9-7-8-12-23(21)30-2)24(27)20-15-13-19(14-16-20)17-26(31(3,28)29)22-10-5-4-6-11-22/h4-16H,17-18H2,1-3H3. The lowest BCUT2D eigenvalue weighted by atomic mass is 10.1. The summed E-state index contributed by atoms with van der Waals surface area (Å²) in [6, 6.07) is 23.5. The minimum Gasteiger partial charge on any atom is -0.496 e. The second kappa shape index (κ2) is 9.66. The number of hydrogen-bond acceptors (Lipinski definition) is 4. The van der Waals surface area contributed by atoms with Crippen molar-refractivity contribution in [3.05, 3.63) is 95.6 Å². The second-order valence-electron chi connectivity index (χ2n) is 7.28. The summed E-state index contributed by atoms with van der Waals surface area (Å²) >= 11 is 0. The maximum atomic E-state index is 12.8. The molecule has 0 radical (unpaired) electrons. The van der Waals surface area contributed by atoms with Gasteiger partial charge in [-0.25, -0.2) is 8.42 Å². The van der Waals surface area contributed by atoms with Crippen LogP contribution in [-0.4, -0.2) is 39.6 Å². The predicted octanol–water partition coefficient (Wildman–Crippen LogP) is 3.93. The molecule has 0 N–H and O–H groups in total. The smallest absolute Gasteiger partial charge is 0.253 e. The maximum absolute atomic E-state index is 12.8.